The summed E-state index contributed by atoms with van der Waals surface area (Å²) in [4.78, 5) is 13.9. The first-order valence-electron chi connectivity index (χ1n) is 8.47. The van der Waals surface area contributed by atoms with Gasteiger partial charge in [-0.3, -0.25) is 0 Å². The molecule has 3 aromatic rings. The summed E-state index contributed by atoms with van der Waals surface area (Å²) in [6.45, 7) is 2.06. The predicted octanol–water partition coefficient (Wildman–Crippen LogP) is 3.44. The minimum Gasteiger partial charge on any atom is -0.462 e. The topological polar surface area (TPSA) is 98.0 Å². The van der Waals surface area contributed by atoms with Gasteiger partial charge in [0.05, 0.1) is 23.3 Å². The van der Waals surface area contributed by atoms with E-state index in [1.54, 1.807) is 61.5 Å². The van der Waals surface area contributed by atoms with E-state index in [0.29, 0.717) is 23.7 Å². The normalized spacial score (nSPS) is 11.5. The zero-order valence-corrected chi connectivity index (χ0v) is 15.8. The van der Waals surface area contributed by atoms with E-state index in [2.05, 4.69) is 9.93 Å². The molecule has 7 nitrogen and oxygen atoms in total. The average molecular weight is 398 g/mol. The molecule has 0 aliphatic heterocycles. The molecule has 8 heteroatoms. The second-order valence-electron chi connectivity index (χ2n) is 5.67. The van der Waals surface area contributed by atoms with E-state index in [1.807, 2.05) is 0 Å². The van der Waals surface area contributed by atoms with Crippen LogP contribution in [0.2, 0.25) is 0 Å². The molecule has 0 fully saturated rings. The van der Waals surface area contributed by atoms with Crippen LogP contribution < -0.4 is 4.83 Å². The molecular weight excluding hydrogens is 380 g/mol. The quantitative estimate of drug-likeness (QED) is 0.373. The van der Waals surface area contributed by atoms with Crippen molar-refractivity contribution in [3.8, 4) is 11.3 Å². The molecular formula is C20H18N2O5S. The van der Waals surface area contributed by atoms with Gasteiger partial charge in [-0.05, 0) is 43.3 Å². The Labute approximate surface area is 162 Å². The van der Waals surface area contributed by atoms with Crippen molar-refractivity contribution < 1.29 is 22.4 Å². The highest BCUT2D eigenvalue weighted by Crippen LogP contribution is 2.22. The number of hydrogen-bond donors (Lipinski definition) is 1. The van der Waals surface area contributed by atoms with Crippen LogP contribution in [0.25, 0.3) is 11.3 Å². The first-order valence-corrected chi connectivity index (χ1v) is 9.95. The van der Waals surface area contributed by atoms with E-state index in [-0.39, 0.29) is 10.9 Å². The molecule has 3 rings (SSSR count). The maximum absolute atomic E-state index is 12.1. The van der Waals surface area contributed by atoms with Crippen molar-refractivity contribution in [3.05, 3.63) is 78.1 Å². The van der Waals surface area contributed by atoms with Crippen LogP contribution in [0.3, 0.4) is 0 Å². The summed E-state index contributed by atoms with van der Waals surface area (Å²) in [6.07, 6.45) is 1.27. The van der Waals surface area contributed by atoms with E-state index in [0.717, 1.165) is 5.56 Å². The molecule has 28 heavy (non-hydrogen) atoms. The third-order valence-corrected chi connectivity index (χ3v) is 4.96. The number of nitrogens with zero attached hydrogens (tertiary/aromatic N) is 1. The summed E-state index contributed by atoms with van der Waals surface area (Å²) >= 11 is 0. The zero-order valence-electron chi connectivity index (χ0n) is 15.0. The summed E-state index contributed by atoms with van der Waals surface area (Å²) in [7, 11) is -3.73. The fraction of sp³-hybridized carbons (Fsp3) is 0.100. The summed E-state index contributed by atoms with van der Waals surface area (Å²) in [5, 5.41) is 3.74. The molecule has 0 saturated heterocycles. The second-order valence-corrected chi connectivity index (χ2v) is 7.33. The molecule has 0 spiro atoms. The van der Waals surface area contributed by atoms with E-state index in [9.17, 15) is 13.2 Å². The van der Waals surface area contributed by atoms with Crippen LogP contribution in [0.15, 0.2) is 81.1 Å². The highest BCUT2D eigenvalue weighted by Gasteiger charge is 2.12. The van der Waals surface area contributed by atoms with Crippen molar-refractivity contribution in [2.45, 2.75) is 11.8 Å². The average Bonchev–Trinajstić information content (AvgIpc) is 3.18. The SMILES string of the molecule is CCOC(=O)c1ccc(-c2ccc(/C=N\NS(=O)(=O)c3ccccc3)o2)cc1. The van der Waals surface area contributed by atoms with Gasteiger partial charge in [-0.15, -0.1) is 0 Å². The number of sulfonamides is 1. The molecule has 1 aromatic heterocycles. The molecule has 1 heterocycles. The molecule has 144 valence electrons. The van der Waals surface area contributed by atoms with E-state index in [1.165, 1.54) is 18.3 Å². The summed E-state index contributed by atoms with van der Waals surface area (Å²) < 4.78 is 34.8. The Morgan fingerprint density at radius 2 is 1.79 bits per heavy atom. The minimum absolute atomic E-state index is 0.119. The Kier molecular flexibility index (Phi) is 5.90. The first kappa shape index (κ1) is 19.4. The molecule has 0 unspecified atom stereocenters. The lowest BCUT2D eigenvalue weighted by Crippen LogP contribution is -2.18. The van der Waals surface area contributed by atoms with Gasteiger partial charge >= 0.3 is 5.97 Å². The maximum Gasteiger partial charge on any atom is 0.338 e. The molecule has 0 amide bonds. The molecule has 0 aliphatic carbocycles. The third kappa shape index (κ3) is 4.66. The molecule has 1 N–H and O–H groups in total. The summed E-state index contributed by atoms with van der Waals surface area (Å²) in [5.41, 5.74) is 1.21. The van der Waals surface area contributed by atoms with E-state index < -0.39 is 10.0 Å². The predicted molar refractivity (Wildman–Crippen MR) is 104 cm³/mol. The number of carbonyl (C=O) groups excluding carboxylic acids is 1. The Morgan fingerprint density at radius 3 is 2.46 bits per heavy atom. The number of ether oxygens (including phenoxy) is 1. The van der Waals surface area contributed by atoms with Gasteiger partial charge in [0, 0.05) is 5.56 Å². The van der Waals surface area contributed by atoms with Gasteiger partial charge < -0.3 is 9.15 Å². The van der Waals surface area contributed by atoms with E-state index >= 15 is 0 Å². The Morgan fingerprint density at radius 1 is 1.07 bits per heavy atom. The van der Waals surface area contributed by atoms with Gasteiger partial charge in [0.25, 0.3) is 10.0 Å². The van der Waals surface area contributed by atoms with E-state index in [4.69, 9.17) is 9.15 Å². The fourth-order valence-electron chi connectivity index (χ4n) is 2.37. The number of carbonyl (C=O) groups is 1. The molecule has 0 radical (unpaired) electrons. The number of benzene rings is 2. The molecule has 0 saturated carbocycles. The van der Waals surface area contributed by atoms with Gasteiger partial charge in [-0.25, -0.2) is 4.79 Å². The smallest absolute Gasteiger partial charge is 0.338 e. The van der Waals surface area contributed by atoms with Crippen molar-refractivity contribution >= 4 is 22.2 Å². The van der Waals surface area contributed by atoms with Crippen LogP contribution in [-0.2, 0) is 14.8 Å². The van der Waals surface area contributed by atoms with Crippen molar-refractivity contribution in [1.82, 2.24) is 4.83 Å². The highest BCUT2D eigenvalue weighted by molar-refractivity contribution is 7.89. The van der Waals surface area contributed by atoms with Crippen LogP contribution in [0.1, 0.15) is 23.0 Å². The minimum atomic E-state index is -3.73. The molecule has 2 aromatic carbocycles. The Balaban J connectivity index is 1.67. The lowest BCUT2D eigenvalue weighted by Gasteiger charge is -2.02. The van der Waals surface area contributed by atoms with Crippen LogP contribution in [0.4, 0.5) is 0 Å². The highest BCUT2D eigenvalue weighted by atomic mass is 32.2. The first-order chi connectivity index (χ1) is 13.5. The Bertz CT molecular complexity index is 1070. The number of hydrogen-bond acceptors (Lipinski definition) is 6. The molecule has 0 aliphatic rings. The Hall–Kier alpha value is -3.39. The third-order valence-electron chi connectivity index (χ3n) is 3.73. The van der Waals surface area contributed by atoms with Crippen molar-refractivity contribution in [1.29, 1.82) is 0 Å². The monoisotopic (exact) mass is 398 g/mol. The number of esters is 1. The number of rotatable bonds is 7. The standard InChI is InChI=1S/C20H18N2O5S/c1-2-26-20(23)16-10-8-15(9-11-16)19-13-12-17(27-19)14-21-22-28(24,25)18-6-4-3-5-7-18/h3-14,22H,2H2,1H3/b21-14-. The summed E-state index contributed by atoms with van der Waals surface area (Å²) in [6, 6.07) is 18.1. The summed E-state index contributed by atoms with van der Waals surface area (Å²) in [5.74, 6) is 0.551. The second kappa shape index (κ2) is 8.53. The van der Waals surface area contributed by atoms with Gasteiger partial charge in [-0.1, -0.05) is 30.3 Å². The van der Waals surface area contributed by atoms with Crippen LogP contribution in [0.5, 0.6) is 0 Å². The zero-order chi connectivity index (χ0) is 20.0. The van der Waals surface area contributed by atoms with Crippen molar-refractivity contribution in [2.75, 3.05) is 6.61 Å². The van der Waals surface area contributed by atoms with Crippen LogP contribution >= 0.6 is 0 Å². The van der Waals surface area contributed by atoms with Gasteiger partial charge in [-0.2, -0.15) is 18.4 Å². The van der Waals surface area contributed by atoms with Crippen molar-refractivity contribution in [2.24, 2.45) is 5.10 Å². The largest absolute Gasteiger partial charge is 0.462 e. The molecule has 0 atom stereocenters. The van der Waals surface area contributed by atoms with Crippen LogP contribution in [0, 0.1) is 0 Å². The number of furan rings is 1. The lowest BCUT2D eigenvalue weighted by atomic mass is 10.1. The molecule has 0 bridgehead atoms. The maximum atomic E-state index is 12.1. The fourth-order valence-corrected chi connectivity index (χ4v) is 3.19. The number of hydrazone groups is 1. The van der Waals surface area contributed by atoms with Gasteiger partial charge in [0.1, 0.15) is 11.5 Å². The number of nitrogens with one attached hydrogen (secondary N) is 1. The van der Waals surface area contributed by atoms with Gasteiger partial charge in [0.2, 0.25) is 0 Å². The van der Waals surface area contributed by atoms with Gasteiger partial charge in [0.15, 0.2) is 0 Å². The lowest BCUT2D eigenvalue weighted by molar-refractivity contribution is 0.0526. The van der Waals surface area contributed by atoms with Crippen molar-refractivity contribution in [3.63, 3.8) is 0 Å². The van der Waals surface area contributed by atoms with Crippen LogP contribution in [-0.4, -0.2) is 27.2 Å².